The molecule has 0 unspecified atom stereocenters. The highest BCUT2D eigenvalue weighted by molar-refractivity contribution is 9.10. The van der Waals surface area contributed by atoms with Gasteiger partial charge in [0.25, 0.3) is 0 Å². The van der Waals surface area contributed by atoms with Crippen molar-refractivity contribution in [1.29, 1.82) is 0 Å². The molecule has 0 spiro atoms. The first-order chi connectivity index (χ1) is 6.73. The Labute approximate surface area is 92.4 Å². The fraction of sp³-hybridized carbons (Fsp3) is 0.222. The van der Waals surface area contributed by atoms with Crippen molar-refractivity contribution in [2.24, 2.45) is 0 Å². The third-order valence-corrected chi connectivity index (χ3v) is 2.34. The van der Waals surface area contributed by atoms with Crippen LogP contribution in [0.4, 0.5) is 18.9 Å². The van der Waals surface area contributed by atoms with E-state index in [1.165, 1.54) is 0 Å². The number of hydrogen-bond donors (Lipinski definition) is 1. The zero-order chi connectivity index (χ0) is 11.8. The largest absolute Gasteiger partial charge is 0.398 e. The lowest BCUT2D eigenvalue weighted by Gasteiger charge is -2.11. The third kappa shape index (κ3) is 2.50. The number of carbonyl (C=O) groups excluding carboxylic acids is 1. The Kier molecular flexibility index (Phi) is 3.08. The SMILES string of the molecule is CC(F)(F)C(=O)c1cc(F)c(Br)cc1N. The van der Waals surface area contributed by atoms with Gasteiger partial charge in [0.05, 0.1) is 4.47 Å². The van der Waals surface area contributed by atoms with Crippen LogP contribution in [0.5, 0.6) is 0 Å². The van der Waals surface area contributed by atoms with E-state index in [1.54, 1.807) is 0 Å². The second-order valence-corrected chi connectivity index (χ2v) is 3.93. The Balaban J connectivity index is 3.28. The molecular formula is C9H7BrF3NO. The van der Waals surface area contributed by atoms with E-state index in [0.29, 0.717) is 13.0 Å². The van der Waals surface area contributed by atoms with E-state index >= 15 is 0 Å². The second kappa shape index (κ2) is 3.84. The van der Waals surface area contributed by atoms with E-state index in [2.05, 4.69) is 15.9 Å². The molecule has 15 heavy (non-hydrogen) atoms. The molecule has 0 aliphatic carbocycles. The van der Waals surface area contributed by atoms with Crippen molar-refractivity contribution >= 4 is 27.4 Å². The van der Waals surface area contributed by atoms with Crippen molar-refractivity contribution in [3.05, 3.63) is 28.0 Å². The molecule has 0 amide bonds. The van der Waals surface area contributed by atoms with Gasteiger partial charge >= 0.3 is 5.92 Å². The first-order valence-corrected chi connectivity index (χ1v) is 4.70. The zero-order valence-electron chi connectivity index (χ0n) is 7.65. The van der Waals surface area contributed by atoms with Crippen molar-refractivity contribution < 1.29 is 18.0 Å². The van der Waals surface area contributed by atoms with E-state index in [0.717, 1.165) is 6.07 Å². The van der Waals surface area contributed by atoms with Crippen LogP contribution >= 0.6 is 15.9 Å². The van der Waals surface area contributed by atoms with Crippen LogP contribution in [0.2, 0.25) is 0 Å². The maximum atomic E-state index is 13.0. The minimum absolute atomic E-state index is 0.0240. The average Bonchev–Trinajstić information content (AvgIpc) is 2.08. The highest BCUT2D eigenvalue weighted by Crippen LogP contribution is 2.27. The Morgan fingerprint density at radius 1 is 1.47 bits per heavy atom. The summed E-state index contributed by atoms with van der Waals surface area (Å²) < 4.78 is 38.4. The number of benzene rings is 1. The number of nitrogen functional groups attached to an aromatic ring is 1. The first-order valence-electron chi connectivity index (χ1n) is 3.90. The van der Waals surface area contributed by atoms with Crippen LogP contribution in [-0.2, 0) is 0 Å². The van der Waals surface area contributed by atoms with Gasteiger partial charge in [-0.3, -0.25) is 4.79 Å². The maximum Gasteiger partial charge on any atom is 0.307 e. The smallest absolute Gasteiger partial charge is 0.307 e. The molecule has 0 atom stereocenters. The molecule has 0 heterocycles. The first kappa shape index (κ1) is 12.0. The fourth-order valence-electron chi connectivity index (χ4n) is 0.995. The topological polar surface area (TPSA) is 43.1 Å². The molecule has 0 aromatic heterocycles. The van der Waals surface area contributed by atoms with Gasteiger partial charge in [-0.15, -0.1) is 0 Å². The number of carbonyl (C=O) groups is 1. The Morgan fingerprint density at radius 3 is 2.47 bits per heavy atom. The van der Waals surface area contributed by atoms with E-state index in [-0.39, 0.29) is 10.2 Å². The minimum atomic E-state index is -3.56. The maximum absolute atomic E-state index is 13.0. The highest BCUT2D eigenvalue weighted by atomic mass is 79.9. The molecule has 0 aliphatic heterocycles. The van der Waals surface area contributed by atoms with Crippen LogP contribution in [0, 0.1) is 5.82 Å². The molecule has 0 saturated heterocycles. The van der Waals surface area contributed by atoms with Crippen LogP contribution < -0.4 is 5.73 Å². The standard InChI is InChI=1S/C9H7BrF3NO/c1-9(12,13)8(15)4-2-6(11)5(10)3-7(4)14/h2-3H,14H2,1H3. The molecule has 82 valence electrons. The molecule has 0 radical (unpaired) electrons. The van der Waals surface area contributed by atoms with Crippen LogP contribution in [0.25, 0.3) is 0 Å². The fourth-order valence-corrected chi connectivity index (χ4v) is 1.36. The summed E-state index contributed by atoms with van der Waals surface area (Å²) in [5.74, 6) is -5.86. The lowest BCUT2D eigenvalue weighted by atomic mass is 10.0. The van der Waals surface area contributed by atoms with Gasteiger partial charge in [-0.05, 0) is 28.1 Å². The number of halogens is 4. The number of ketones is 1. The molecule has 2 nitrogen and oxygen atoms in total. The Hall–Kier alpha value is -1.04. The van der Waals surface area contributed by atoms with E-state index in [4.69, 9.17) is 5.73 Å². The molecule has 0 fully saturated rings. The second-order valence-electron chi connectivity index (χ2n) is 3.07. The van der Waals surface area contributed by atoms with Crippen molar-refractivity contribution in [3.63, 3.8) is 0 Å². The van der Waals surface area contributed by atoms with Crippen molar-refractivity contribution in [1.82, 2.24) is 0 Å². The normalized spacial score (nSPS) is 11.5. The van der Waals surface area contributed by atoms with Gasteiger partial charge in [-0.2, -0.15) is 8.78 Å². The number of rotatable bonds is 2. The molecule has 1 aromatic rings. The third-order valence-electron chi connectivity index (χ3n) is 1.74. The molecule has 6 heteroatoms. The van der Waals surface area contributed by atoms with Crippen molar-refractivity contribution in [2.45, 2.75) is 12.8 Å². The van der Waals surface area contributed by atoms with Crippen molar-refractivity contribution in [2.75, 3.05) is 5.73 Å². The summed E-state index contributed by atoms with van der Waals surface area (Å²) in [6.45, 7) is 0.439. The van der Waals surface area contributed by atoms with Crippen LogP contribution in [-0.4, -0.2) is 11.7 Å². The van der Waals surface area contributed by atoms with Gasteiger partial charge < -0.3 is 5.73 Å². The van der Waals surface area contributed by atoms with Crippen LogP contribution in [0.15, 0.2) is 16.6 Å². The number of Topliss-reactive ketones (excluding diaryl/α,β-unsaturated/α-hetero) is 1. The quantitative estimate of drug-likeness (QED) is 0.669. The molecule has 1 aromatic carbocycles. The number of anilines is 1. The lowest BCUT2D eigenvalue weighted by Crippen LogP contribution is -2.25. The van der Waals surface area contributed by atoms with E-state index in [1.807, 2.05) is 0 Å². The van der Waals surface area contributed by atoms with Crippen LogP contribution in [0.1, 0.15) is 17.3 Å². The van der Waals surface area contributed by atoms with E-state index in [9.17, 15) is 18.0 Å². The number of nitrogens with two attached hydrogens (primary N) is 1. The van der Waals surface area contributed by atoms with Gasteiger partial charge in [-0.25, -0.2) is 4.39 Å². The number of alkyl halides is 2. The summed E-state index contributed by atoms with van der Waals surface area (Å²) in [6.07, 6.45) is 0. The molecule has 0 aliphatic rings. The van der Waals surface area contributed by atoms with E-state index < -0.39 is 23.1 Å². The summed E-state index contributed by atoms with van der Waals surface area (Å²) in [4.78, 5) is 11.1. The average molecular weight is 282 g/mol. The molecule has 0 bridgehead atoms. The monoisotopic (exact) mass is 281 g/mol. The minimum Gasteiger partial charge on any atom is -0.398 e. The summed E-state index contributed by atoms with van der Waals surface area (Å²) >= 11 is 2.83. The van der Waals surface area contributed by atoms with Crippen LogP contribution in [0.3, 0.4) is 0 Å². The van der Waals surface area contributed by atoms with Gasteiger partial charge in [0.2, 0.25) is 5.78 Å². The van der Waals surface area contributed by atoms with Gasteiger partial charge in [0, 0.05) is 18.2 Å². The predicted molar refractivity (Wildman–Crippen MR) is 53.5 cm³/mol. The molecule has 1 rings (SSSR count). The molecule has 2 N–H and O–H groups in total. The predicted octanol–water partition coefficient (Wildman–Crippen LogP) is 3.01. The zero-order valence-corrected chi connectivity index (χ0v) is 9.24. The molecular weight excluding hydrogens is 275 g/mol. The Morgan fingerprint density at radius 2 is 2.00 bits per heavy atom. The van der Waals surface area contributed by atoms with Gasteiger partial charge in [-0.1, -0.05) is 0 Å². The summed E-state index contributed by atoms with van der Waals surface area (Å²) in [5, 5.41) is 0. The molecule has 0 saturated carbocycles. The number of hydrogen-bond acceptors (Lipinski definition) is 2. The van der Waals surface area contributed by atoms with Crippen molar-refractivity contribution in [3.8, 4) is 0 Å². The lowest BCUT2D eigenvalue weighted by molar-refractivity contribution is 0.0222. The van der Waals surface area contributed by atoms with Gasteiger partial charge in [0.15, 0.2) is 0 Å². The summed E-state index contributed by atoms with van der Waals surface area (Å²) in [6, 6.07) is 1.77. The highest BCUT2D eigenvalue weighted by Gasteiger charge is 2.34. The van der Waals surface area contributed by atoms with Gasteiger partial charge in [0.1, 0.15) is 5.82 Å². The Bertz CT molecular complexity index is 415. The summed E-state index contributed by atoms with van der Waals surface area (Å²) in [5.41, 5.74) is 4.64. The summed E-state index contributed by atoms with van der Waals surface area (Å²) in [7, 11) is 0.